The van der Waals surface area contributed by atoms with Crippen LogP contribution in [-0.2, 0) is 9.59 Å². The molecule has 0 heterocycles. The Balaban J connectivity index is 2.03. The van der Waals surface area contributed by atoms with Gasteiger partial charge in [0.15, 0.2) is 6.61 Å². The SMILES string of the molecule is CCCCCCCCCCCCCC(=O)NNC(=O)COc1c(C)cc(Br)cc1Br. The van der Waals surface area contributed by atoms with Crippen LogP contribution < -0.4 is 15.6 Å². The summed E-state index contributed by atoms with van der Waals surface area (Å²) in [6.45, 7) is 3.98. The van der Waals surface area contributed by atoms with Gasteiger partial charge in [-0.05, 0) is 47.0 Å². The number of hydrogen-bond donors (Lipinski definition) is 2. The summed E-state index contributed by atoms with van der Waals surface area (Å²) in [7, 11) is 0. The van der Waals surface area contributed by atoms with Crippen LogP contribution >= 0.6 is 31.9 Å². The maximum absolute atomic E-state index is 11.9. The van der Waals surface area contributed by atoms with Gasteiger partial charge in [-0.15, -0.1) is 0 Å². The zero-order valence-corrected chi connectivity index (χ0v) is 21.5. The van der Waals surface area contributed by atoms with E-state index in [-0.39, 0.29) is 12.5 Å². The van der Waals surface area contributed by atoms with Crippen LogP contribution in [0, 0.1) is 6.92 Å². The van der Waals surface area contributed by atoms with Gasteiger partial charge in [0.1, 0.15) is 5.75 Å². The molecule has 0 saturated heterocycles. The van der Waals surface area contributed by atoms with E-state index >= 15 is 0 Å². The van der Waals surface area contributed by atoms with E-state index in [0.717, 1.165) is 27.4 Å². The monoisotopic (exact) mass is 546 g/mol. The highest BCUT2D eigenvalue weighted by molar-refractivity contribution is 9.11. The van der Waals surface area contributed by atoms with Crippen LogP contribution in [0.3, 0.4) is 0 Å². The maximum atomic E-state index is 11.9. The third-order valence-electron chi connectivity index (χ3n) is 4.89. The van der Waals surface area contributed by atoms with Crippen molar-refractivity contribution in [1.29, 1.82) is 0 Å². The van der Waals surface area contributed by atoms with Crippen molar-refractivity contribution in [3.63, 3.8) is 0 Å². The van der Waals surface area contributed by atoms with E-state index in [0.29, 0.717) is 12.2 Å². The summed E-state index contributed by atoms with van der Waals surface area (Å²) in [4.78, 5) is 23.7. The molecule has 170 valence electrons. The molecule has 2 amide bonds. The molecule has 1 aromatic carbocycles. The number of carbonyl (C=O) groups is 2. The molecule has 0 unspecified atom stereocenters. The highest BCUT2D eigenvalue weighted by Gasteiger charge is 2.10. The Hall–Kier alpha value is -1.08. The molecular formula is C23H36Br2N2O3. The summed E-state index contributed by atoms with van der Waals surface area (Å²) in [5.74, 6) is 0.0532. The van der Waals surface area contributed by atoms with Crippen molar-refractivity contribution in [2.75, 3.05) is 6.61 Å². The molecule has 2 N–H and O–H groups in total. The molecule has 0 atom stereocenters. The first-order chi connectivity index (χ1) is 14.4. The second-order valence-electron chi connectivity index (χ2n) is 7.70. The summed E-state index contributed by atoms with van der Waals surface area (Å²) in [5.41, 5.74) is 5.77. The summed E-state index contributed by atoms with van der Waals surface area (Å²) >= 11 is 6.83. The molecule has 0 spiro atoms. The molecule has 0 bridgehead atoms. The molecule has 0 fully saturated rings. The van der Waals surface area contributed by atoms with Crippen molar-refractivity contribution in [2.45, 2.75) is 90.9 Å². The Morgan fingerprint density at radius 2 is 1.37 bits per heavy atom. The van der Waals surface area contributed by atoms with Crippen molar-refractivity contribution in [1.82, 2.24) is 10.9 Å². The quantitative estimate of drug-likeness (QED) is 0.188. The van der Waals surface area contributed by atoms with E-state index < -0.39 is 5.91 Å². The van der Waals surface area contributed by atoms with Crippen LogP contribution in [-0.4, -0.2) is 18.4 Å². The van der Waals surface area contributed by atoms with Crippen LogP contribution in [0.15, 0.2) is 21.1 Å². The van der Waals surface area contributed by atoms with E-state index in [2.05, 4.69) is 49.6 Å². The number of amides is 2. The molecule has 0 aliphatic rings. The van der Waals surface area contributed by atoms with E-state index in [1.165, 1.54) is 57.8 Å². The van der Waals surface area contributed by atoms with E-state index in [1.54, 1.807) is 0 Å². The number of halogens is 2. The molecule has 1 rings (SSSR count). The van der Waals surface area contributed by atoms with Crippen LogP contribution in [0.1, 0.15) is 89.5 Å². The van der Waals surface area contributed by atoms with Gasteiger partial charge in [0.25, 0.3) is 5.91 Å². The van der Waals surface area contributed by atoms with E-state index in [9.17, 15) is 9.59 Å². The standard InChI is InChI=1S/C23H36Br2N2O3/c1-3-4-5-6-7-8-9-10-11-12-13-14-21(28)26-27-22(29)17-30-23-18(2)15-19(24)16-20(23)25/h15-16H,3-14,17H2,1-2H3,(H,26,28)(H,27,29). The Morgan fingerprint density at radius 3 is 1.93 bits per heavy atom. The van der Waals surface area contributed by atoms with Gasteiger partial charge in [0, 0.05) is 10.9 Å². The molecule has 7 heteroatoms. The number of ether oxygens (including phenoxy) is 1. The molecule has 1 aromatic rings. The minimum Gasteiger partial charge on any atom is -0.482 e. The van der Waals surface area contributed by atoms with Crippen molar-refractivity contribution in [2.24, 2.45) is 0 Å². The second-order valence-corrected chi connectivity index (χ2v) is 9.47. The van der Waals surface area contributed by atoms with Crippen molar-refractivity contribution in [3.8, 4) is 5.75 Å². The maximum Gasteiger partial charge on any atom is 0.276 e. The normalized spacial score (nSPS) is 10.7. The summed E-state index contributed by atoms with van der Waals surface area (Å²) in [5, 5.41) is 0. The van der Waals surface area contributed by atoms with Crippen LogP contribution in [0.2, 0.25) is 0 Å². The van der Waals surface area contributed by atoms with E-state index in [4.69, 9.17) is 4.74 Å². The van der Waals surface area contributed by atoms with Gasteiger partial charge < -0.3 is 4.74 Å². The fraction of sp³-hybridized carbons (Fsp3) is 0.652. The Labute approximate surface area is 198 Å². The number of carbonyl (C=O) groups excluding carboxylic acids is 2. The number of rotatable bonds is 15. The van der Waals surface area contributed by atoms with Crippen LogP contribution in [0.25, 0.3) is 0 Å². The predicted octanol–water partition coefficient (Wildman–Crippen LogP) is 6.75. The Kier molecular flexibility index (Phi) is 14.9. The number of aryl methyl sites for hydroxylation is 1. The molecule has 30 heavy (non-hydrogen) atoms. The lowest BCUT2D eigenvalue weighted by molar-refractivity contribution is -0.130. The molecule has 0 radical (unpaired) electrons. The van der Waals surface area contributed by atoms with Gasteiger partial charge in [-0.1, -0.05) is 87.1 Å². The van der Waals surface area contributed by atoms with Gasteiger partial charge in [-0.3, -0.25) is 20.4 Å². The van der Waals surface area contributed by atoms with Crippen molar-refractivity contribution >= 4 is 43.7 Å². The summed E-state index contributed by atoms with van der Waals surface area (Å²) in [6.07, 6.45) is 14.1. The van der Waals surface area contributed by atoms with Crippen molar-refractivity contribution < 1.29 is 14.3 Å². The van der Waals surface area contributed by atoms with Gasteiger partial charge in [0.05, 0.1) is 4.47 Å². The molecule has 5 nitrogen and oxygen atoms in total. The first-order valence-corrected chi connectivity index (χ1v) is 12.7. The third kappa shape index (κ3) is 12.6. The van der Waals surface area contributed by atoms with Gasteiger partial charge >= 0.3 is 0 Å². The zero-order chi connectivity index (χ0) is 22.2. The topological polar surface area (TPSA) is 67.4 Å². The fourth-order valence-electron chi connectivity index (χ4n) is 3.20. The zero-order valence-electron chi connectivity index (χ0n) is 18.3. The first-order valence-electron chi connectivity index (χ1n) is 11.1. The fourth-order valence-corrected chi connectivity index (χ4v) is 4.75. The van der Waals surface area contributed by atoms with Gasteiger partial charge in [-0.2, -0.15) is 0 Å². The third-order valence-corrected chi connectivity index (χ3v) is 5.94. The lowest BCUT2D eigenvalue weighted by Crippen LogP contribution is -2.43. The summed E-state index contributed by atoms with van der Waals surface area (Å²) < 4.78 is 7.25. The van der Waals surface area contributed by atoms with Gasteiger partial charge in [0.2, 0.25) is 5.91 Å². The minimum atomic E-state index is -0.392. The molecule has 0 aliphatic heterocycles. The average Bonchev–Trinajstić information content (AvgIpc) is 2.69. The smallest absolute Gasteiger partial charge is 0.276 e. The Morgan fingerprint density at radius 1 is 0.833 bits per heavy atom. The number of nitrogens with one attached hydrogen (secondary N) is 2. The number of hydrogen-bond acceptors (Lipinski definition) is 3. The Bertz CT molecular complexity index is 630. The second kappa shape index (κ2) is 16.6. The molecule has 0 aromatic heterocycles. The largest absolute Gasteiger partial charge is 0.482 e. The van der Waals surface area contributed by atoms with Crippen LogP contribution in [0.4, 0.5) is 0 Å². The van der Waals surface area contributed by atoms with Gasteiger partial charge in [-0.25, -0.2) is 0 Å². The number of benzene rings is 1. The summed E-state index contributed by atoms with van der Waals surface area (Å²) in [6, 6.07) is 3.77. The molecule has 0 aliphatic carbocycles. The molecular weight excluding hydrogens is 512 g/mol. The first kappa shape index (κ1) is 27.0. The highest BCUT2D eigenvalue weighted by Crippen LogP contribution is 2.32. The lowest BCUT2D eigenvalue weighted by Gasteiger charge is -2.12. The number of hydrazine groups is 1. The van der Waals surface area contributed by atoms with E-state index in [1.807, 2.05) is 19.1 Å². The number of unbranched alkanes of at least 4 members (excludes halogenated alkanes) is 10. The highest BCUT2D eigenvalue weighted by atomic mass is 79.9. The van der Waals surface area contributed by atoms with Crippen molar-refractivity contribution in [3.05, 3.63) is 26.6 Å². The lowest BCUT2D eigenvalue weighted by atomic mass is 10.1. The average molecular weight is 548 g/mol. The predicted molar refractivity (Wildman–Crippen MR) is 129 cm³/mol. The van der Waals surface area contributed by atoms with Crippen LogP contribution in [0.5, 0.6) is 5.75 Å². The molecule has 0 saturated carbocycles. The minimum absolute atomic E-state index is 0.166.